The molecule has 20 heavy (non-hydrogen) atoms. The Labute approximate surface area is 119 Å². The largest absolute Gasteiger partial charge is 0.361 e. The molecular formula is C18H20N2. The van der Waals surface area contributed by atoms with Crippen LogP contribution >= 0.6 is 0 Å². The SMILES string of the molecule is c1ccc(CCCNCc2cccc3[nH]ccc23)cc1. The van der Waals surface area contributed by atoms with Crippen molar-refractivity contribution in [3.05, 3.63) is 71.9 Å². The molecule has 0 aliphatic carbocycles. The van der Waals surface area contributed by atoms with Crippen LogP contribution in [0.3, 0.4) is 0 Å². The summed E-state index contributed by atoms with van der Waals surface area (Å²) in [5.74, 6) is 0. The summed E-state index contributed by atoms with van der Waals surface area (Å²) in [5.41, 5.74) is 4.00. The fourth-order valence-electron chi connectivity index (χ4n) is 2.59. The van der Waals surface area contributed by atoms with Gasteiger partial charge in [0, 0.05) is 23.6 Å². The van der Waals surface area contributed by atoms with Gasteiger partial charge >= 0.3 is 0 Å². The summed E-state index contributed by atoms with van der Waals surface area (Å²) in [4.78, 5) is 3.26. The lowest BCUT2D eigenvalue weighted by atomic mass is 10.1. The van der Waals surface area contributed by atoms with Gasteiger partial charge < -0.3 is 10.3 Å². The van der Waals surface area contributed by atoms with E-state index in [0.717, 1.165) is 19.5 Å². The minimum atomic E-state index is 0.935. The Bertz CT molecular complexity index is 655. The van der Waals surface area contributed by atoms with Gasteiger partial charge in [-0.3, -0.25) is 0 Å². The fourth-order valence-corrected chi connectivity index (χ4v) is 2.59. The average Bonchev–Trinajstić information content (AvgIpc) is 2.97. The van der Waals surface area contributed by atoms with Gasteiger partial charge in [0.05, 0.1) is 0 Å². The molecule has 0 radical (unpaired) electrons. The molecule has 0 atom stereocenters. The standard InChI is InChI=1S/C18H20N2/c1-2-6-15(7-3-1)8-5-12-19-14-16-9-4-10-18-17(16)11-13-20-18/h1-4,6-7,9-11,13,19-20H,5,8,12,14H2. The van der Waals surface area contributed by atoms with Crippen molar-refractivity contribution in [3.63, 3.8) is 0 Å². The molecular weight excluding hydrogens is 244 g/mol. The van der Waals surface area contributed by atoms with Gasteiger partial charge in [-0.15, -0.1) is 0 Å². The monoisotopic (exact) mass is 264 g/mol. The summed E-state index contributed by atoms with van der Waals surface area (Å²) in [6.07, 6.45) is 4.32. The third-order valence-corrected chi connectivity index (χ3v) is 3.66. The molecule has 0 amide bonds. The summed E-state index contributed by atoms with van der Waals surface area (Å²) < 4.78 is 0. The second-order valence-corrected chi connectivity index (χ2v) is 5.12. The number of H-pyrrole nitrogens is 1. The van der Waals surface area contributed by atoms with Gasteiger partial charge in [0.25, 0.3) is 0 Å². The van der Waals surface area contributed by atoms with Crippen LogP contribution in [0, 0.1) is 0 Å². The number of hydrogen-bond donors (Lipinski definition) is 2. The predicted molar refractivity (Wildman–Crippen MR) is 84.8 cm³/mol. The number of benzene rings is 2. The van der Waals surface area contributed by atoms with Gasteiger partial charge in [-0.2, -0.15) is 0 Å². The first-order valence-corrected chi connectivity index (χ1v) is 7.23. The number of nitrogens with one attached hydrogen (secondary N) is 2. The summed E-state index contributed by atoms with van der Waals surface area (Å²) in [7, 11) is 0. The molecule has 2 aromatic carbocycles. The smallest absolute Gasteiger partial charge is 0.0457 e. The summed E-state index contributed by atoms with van der Waals surface area (Å²) in [6, 6.07) is 19.2. The Morgan fingerprint density at radius 1 is 0.900 bits per heavy atom. The van der Waals surface area contributed by atoms with Gasteiger partial charge in [-0.1, -0.05) is 42.5 Å². The first-order valence-electron chi connectivity index (χ1n) is 7.23. The molecule has 0 saturated heterocycles. The Kier molecular flexibility index (Phi) is 4.14. The minimum Gasteiger partial charge on any atom is -0.361 e. The topological polar surface area (TPSA) is 27.8 Å². The predicted octanol–water partition coefficient (Wildman–Crippen LogP) is 3.89. The van der Waals surface area contributed by atoms with Gasteiger partial charge in [-0.05, 0) is 42.6 Å². The third kappa shape index (κ3) is 3.09. The summed E-state index contributed by atoms with van der Waals surface area (Å²) in [5, 5.41) is 4.86. The van der Waals surface area contributed by atoms with E-state index in [9.17, 15) is 0 Å². The normalized spacial score (nSPS) is 11.0. The van der Waals surface area contributed by atoms with Crippen molar-refractivity contribution < 1.29 is 0 Å². The zero-order valence-corrected chi connectivity index (χ0v) is 11.6. The molecule has 0 fully saturated rings. The highest BCUT2D eigenvalue weighted by Gasteiger charge is 2.00. The van der Waals surface area contributed by atoms with Gasteiger partial charge in [0.15, 0.2) is 0 Å². The van der Waals surface area contributed by atoms with Crippen molar-refractivity contribution in [2.75, 3.05) is 6.54 Å². The number of aryl methyl sites for hydroxylation is 1. The number of aromatic amines is 1. The van der Waals surface area contributed by atoms with Gasteiger partial charge in [-0.25, -0.2) is 0 Å². The van der Waals surface area contributed by atoms with Crippen LogP contribution < -0.4 is 5.32 Å². The zero-order valence-electron chi connectivity index (χ0n) is 11.6. The molecule has 0 spiro atoms. The first kappa shape index (κ1) is 12.9. The maximum Gasteiger partial charge on any atom is 0.0457 e. The second-order valence-electron chi connectivity index (χ2n) is 5.12. The first-order chi connectivity index (χ1) is 9.93. The molecule has 1 heterocycles. The Morgan fingerprint density at radius 3 is 2.70 bits per heavy atom. The number of fused-ring (bicyclic) bond motifs is 1. The molecule has 0 aliphatic heterocycles. The number of rotatable bonds is 6. The molecule has 3 aromatic rings. The van der Waals surface area contributed by atoms with Crippen LogP contribution in [0.15, 0.2) is 60.8 Å². The molecule has 1 aromatic heterocycles. The fraction of sp³-hybridized carbons (Fsp3) is 0.222. The number of hydrogen-bond acceptors (Lipinski definition) is 1. The lowest BCUT2D eigenvalue weighted by Gasteiger charge is -2.06. The lowest BCUT2D eigenvalue weighted by molar-refractivity contribution is 0.651. The van der Waals surface area contributed by atoms with E-state index < -0.39 is 0 Å². The van der Waals surface area contributed by atoms with E-state index in [1.807, 2.05) is 6.20 Å². The van der Waals surface area contributed by atoms with E-state index in [-0.39, 0.29) is 0 Å². The van der Waals surface area contributed by atoms with E-state index in [1.165, 1.54) is 28.5 Å². The highest BCUT2D eigenvalue weighted by atomic mass is 14.8. The van der Waals surface area contributed by atoms with Crippen LogP contribution in [-0.4, -0.2) is 11.5 Å². The maximum absolute atomic E-state index is 3.54. The Hall–Kier alpha value is -2.06. The Morgan fingerprint density at radius 2 is 1.80 bits per heavy atom. The van der Waals surface area contributed by atoms with Crippen LogP contribution in [0.5, 0.6) is 0 Å². The minimum absolute atomic E-state index is 0.935. The van der Waals surface area contributed by atoms with E-state index >= 15 is 0 Å². The van der Waals surface area contributed by atoms with E-state index in [0.29, 0.717) is 0 Å². The second kappa shape index (κ2) is 6.40. The molecule has 0 saturated carbocycles. The highest BCUT2D eigenvalue weighted by molar-refractivity contribution is 5.82. The van der Waals surface area contributed by atoms with Crippen LogP contribution in [0.1, 0.15) is 17.5 Å². The van der Waals surface area contributed by atoms with Crippen LogP contribution in [-0.2, 0) is 13.0 Å². The maximum atomic E-state index is 3.54. The zero-order chi connectivity index (χ0) is 13.6. The van der Waals surface area contributed by atoms with Crippen LogP contribution in [0.25, 0.3) is 10.9 Å². The van der Waals surface area contributed by atoms with E-state index in [4.69, 9.17) is 0 Å². The molecule has 102 valence electrons. The molecule has 2 heteroatoms. The van der Waals surface area contributed by atoms with Gasteiger partial charge in [0.1, 0.15) is 0 Å². The lowest BCUT2D eigenvalue weighted by Crippen LogP contribution is -2.15. The van der Waals surface area contributed by atoms with E-state index in [2.05, 4.69) is 64.9 Å². The summed E-state index contributed by atoms with van der Waals surface area (Å²) in [6.45, 7) is 1.99. The summed E-state index contributed by atoms with van der Waals surface area (Å²) >= 11 is 0. The molecule has 0 bridgehead atoms. The van der Waals surface area contributed by atoms with E-state index in [1.54, 1.807) is 0 Å². The average molecular weight is 264 g/mol. The quantitative estimate of drug-likeness (QED) is 0.649. The molecule has 0 unspecified atom stereocenters. The third-order valence-electron chi connectivity index (χ3n) is 3.66. The molecule has 3 rings (SSSR count). The molecule has 2 N–H and O–H groups in total. The van der Waals surface area contributed by atoms with Crippen molar-refractivity contribution >= 4 is 10.9 Å². The van der Waals surface area contributed by atoms with Crippen molar-refractivity contribution in [1.82, 2.24) is 10.3 Å². The van der Waals surface area contributed by atoms with Crippen LogP contribution in [0.2, 0.25) is 0 Å². The van der Waals surface area contributed by atoms with Crippen molar-refractivity contribution in [3.8, 4) is 0 Å². The van der Waals surface area contributed by atoms with Gasteiger partial charge in [0.2, 0.25) is 0 Å². The van der Waals surface area contributed by atoms with Crippen molar-refractivity contribution in [1.29, 1.82) is 0 Å². The van der Waals surface area contributed by atoms with Crippen molar-refractivity contribution in [2.24, 2.45) is 0 Å². The van der Waals surface area contributed by atoms with Crippen LogP contribution in [0.4, 0.5) is 0 Å². The molecule has 2 nitrogen and oxygen atoms in total. The molecule has 0 aliphatic rings. The highest BCUT2D eigenvalue weighted by Crippen LogP contribution is 2.16. The number of aromatic nitrogens is 1. The Balaban J connectivity index is 1.47. The van der Waals surface area contributed by atoms with Crippen molar-refractivity contribution in [2.45, 2.75) is 19.4 Å².